The molecule has 26 heavy (non-hydrogen) atoms. The molecular formula is C15H25N3O6S2. The number of benzene rings is 1. The van der Waals surface area contributed by atoms with Gasteiger partial charge in [-0.25, -0.2) is 21.1 Å². The summed E-state index contributed by atoms with van der Waals surface area (Å²) in [6, 6.07) is 5.32. The Hall–Kier alpha value is -1.69. The second kappa shape index (κ2) is 9.31. The largest absolute Gasteiger partial charge is 0.385 e. The molecule has 0 radical (unpaired) electrons. The minimum Gasteiger partial charge on any atom is -0.385 e. The van der Waals surface area contributed by atoms with Crippen molar-refractivity contribution in [3.8, 4) is 0 Å². The molecule has 0 aliphatic heterocycles. The molecule has 0 bridgehead atoms. The van der Waals surface area contributed by atoms with E-state index in [1.54, 1.807) is 7.11 Å². The summed E-state index contributed by atoms with van der Waals surface area (Å²) in [6.45, 7) is 0.452. The molecule has 0 aromatic heterocycles. The number of carbonyl (C=O) groups excluding carboxylic acids is 1. The molecular weight excluding hydrogens is 382 g/mol. The topological polar surface area (TPSA) is 113 Å². The zero-order chi connectivity index (χ0) is 20.0. The number of ether oxygens (including phenoxy) is 1. The Morgan fingerprint density at radius 3 is 2.15 bits per heavy atom. The first-order chi connectivity index (χ1) is 12.0. The van der Waals surface area contributed by atoms with Gasteiger partial charge in [-0.2, -0.15) is 0 Å². The number of nitrogens with one attached hydrogen (secondary N) is 1. The number of carbonyl (C=O) groups is 1. The van der Waals surface area contributed by atoms with Crippen LogP contribution >= 0.6 is 0 Å². The van der Waals surface area contributed by atoms with Crippen molar-refractivity contribution in [2.24, 2.45) is 0 Å². The molecule has 1 aromatic carbocycles. The highest BCUT2D eigenvalue weighted by Gasteiger charge is 2.22. The van der Waals surface area contributed by atoms with Crippen LogP contribution in [0.25, 0.3) is 0 Å². The first-order valence-electron chi connectivity index (χ1n) is 7.76. The summed E-state index contributed by atoms with van der Waals surface area (Å²) in [5, 5.41) is 2.61. The van der Waals surface area contributed by atoms with Crippen LogP contribution in [0, 0.1) is 0 Å². The van der Waals surface area contributed by atoms with Gasteiger partial charge in [-0.05, 0) is 30.7 Å². The fourth-order valence-electron chi connectivity index (χ4n) is 2.03. The van der Waals surface area contributed by atoms with E-state index in [-0.39, 0.29) is 10.6 Å². The lowest BCUT2D eigenvalue weighted by Crippen LogP contribution is -2.40. The molecule has 1 aromatic rings. The minimum absolute atomic E-state index is 0.0312. The molecule has 0 saturated carbocycles. The van der Waals surface area contributed by atoms with E-state index in [2.05, 4.69) is 5.32 Å². The van der Waals surface area contributed by atoms with Gasteiger partial charge < -0.3 is 10.1 Å². The molecule has 9 nitrogen and oxygen atoms in total. The van der Waals surface area contributed by atoms with Crippen LogP contribution in [0.2, 0.25) is 0 Å². The monoisotopic (exact) mass is 407 g/mol. The fourth-order valence-corrected chi connectivity index (χ4v) is 3.78. The minimum atomic E-state index is -3.73. The maximum absolute atomic E-state index is 12.1. The van der Waals surface area contributed by atoms with E-state index in [1.807, 2.05) is 0 Å². The van der Waals surface area contributed by atoms with Gasteiger partial charge in [0, 0.05) is 34.4 Å². The van der Waals surface area contributed by atoms with Crippen LogP contribution in [0.5, 0.6) is 0 Å². The Labute approximate surface area is 155 Å². The quantitative estimate of drug-likeness (QED) is 0.540. The number of rotatable bonds is 10. The highest BCUT2D eigenvalue weighted by molar-refractivity contribution is 7.92. The summed E-state index contributed by atoms with van der Waals surface area (Å²) < 4.78 is 55.1. The number of methoxy groups -OCH3 is 1. The highest BCUT2D eigenvalue weighted by Crippen LogP contribution is 2.21. The molecule has 0 saturated heterocycles. The SMILES string of the molecule is COCCCNC(=O)CN(c1ccc(S(=O)(=O)N(C)C)cc1)S(C)(=O)=O. The summed E-state index contributed by atoms with van der Waals surface area (Å²) >= 11 is 0. The van der Waals surface area contributed by atoms with Gasteiger partial charge in [0.05, 0.1) is 16.8 Å². The summed E-state index contributed by atoms with van der Waals surface area (Å²) in [6.07, 6.45) is 1.59. The molecule has 0 unspecified atom stereocenters. The summed E-state index contributed by atoms with van der Waals surface area (Å²) in [7, 11) is -2.99. The lowest BCUT2D eigenvalue weighted by molar-refractivity contribution is -0.119. The average molecular weight is 408 g/mol. The van der Waals surface area contributed by atoms with E-state index in [4.69, 9.17) is 4.74 Å². The van der Waals surface area contributed by atoms with E-state index >= 15 is 0 Å². The van der Waals surface area contributed by atoms with Gasteiger partial charge in [0.15, 0.2) is 0 Å². The lowest BCUT2D eigenvalue weighted by atomic mass is 10.3. The molecule has 0 heterocycles. The molecule has 0 aliphatic rings. The van der Waals surface area contributed by atoms with Crippen molar-refractivity contribution < 1.29 is 26.4 Å². The third kappa shape index (κ3) is 6.24. The third-order valence-corrected chi connectivity index (χ3v) is 6.41. The number of anilines is 1. The zero-order valence-electron chi connectivity index (χ0n) is 15.3. The van der Waals surface area contributed by atoms with Crippen molar-refractivity contribution in [1.82, 2.24) is 9.62 Å². The first-order valence-corrected chi connectivity index (χ1v) is 11.0. The smallest absolute Gasteiger partial charge is 0.242 e. The predicted octanol–water partition coefficient (Wildman–Crippen LogP) is -0.144. The number of hydrogen-bond donors (Lipinski definition) is 1. The maximum Gasteiger partial charge on any atom is 0.242 e. The van der Waals surface area contributed by atoms with Crippen LogP contribution in [-0.4, -0.2) is 74.2 Å². The highest BCUT2D eigenvalue weighted by atomic mass is 32.2. The summed E-state index contributed by atoms with van der Waals surface area (Å²) in [4.78, 5) is 12.0. The summed E-state index contributed by atoms with van der Waals surface area (Å²) in [5.41, 5.74) is 0.206. The van der Waals surface area contributed by atoms with E-state index in [1.165, 1.54) is 38.4 Å². The van der Waals surface area contributed by atoms with Gasteiger partial charge >= 0.3 is 0 Å². The number of hydrogen-bond acceptors (Lipinski definition) is 6. The summed E-state index contributed by atoms with van der Waals surface area (Å²) in [5.74, 6) is -0.462. The Morgan fingerprint density at radius 1 is 1.12 bits per heavy atom. The fraction of sp³-hybridized carbons (Fsp3) is 0.533. The normalized spacial score (nSPS) is 12.2. The van der Waals surface area contributed by atoms with Gasteiger partial charge in [0.1, 0.15) is 6.54 Å². The van der Waals surface area contributed by atoms with Gasteiger partial charge in [0.2, 0.25) is 26.0 Å². The predicted molar refractivity (Wildman–Crippen MR) is 99.0 cm³/mol. The van der Waals surface area contributed by atoms with E-state index < -0.39 is 32.5 Å². The van der Waals surface area contributed by atoms with Crippen molar-refractivity contribution in [2.45, 2.75) is 11.3 Å². The standard InChI is InChI=1S/C15H25N3O6S2/c1-17(2)26(22,23)14-8-6-13(7-9-14)18(25(4,20)21)12-15(19)16-10-5-11-24-3/h6-9H,5,10-12H2,1-4H3,(H,16,19). The Morgan fingerprint density at radius 2 is 1.69 bits per heavy atom. The number of nitrogens with zero attached hydrogens (tertiary/aromatic N) is 2. The average Bonchev–Trinajstić information content (AvgIpc) is 2.55. The van der Waals surface area contributed by atoms with Crippen molar-refractivity contribution in [3.63, 3.8) is 0 Å². The first kappa shape index (κ1) is 22.4. The second-order valence-corrected chi connectivity index (χ2v) is 9.81. The lowest BCUT2D eigenvalue weighted by Gasteiger charge is -2.22. The Bertz CT molecular complexity index is 804. The van der Waals surface area contributed by atoms with Crippen LogP contribution < -0.4 is 9.62 Å². The molecule has 0 fully saturated rings. The van der Waals surface area contributed by atoms with Crippen molar-refractivity contribution in [3.05, 3.63) is 24.3 Å². The molecule has 1 N–H and O–H groups in total. The molecule has 1 amide bonds. The maximum atomic E-state index is 12.1. The van der Waals surface area contributed by atoms with Gasteiger partial charge in [-0.15, -0.1) is 0 Å². The van der Waals surface area contributed by atoms with Crippen LogP contribution in [0.15, 0.2) is 29.2 Å². The zero-order valence-corrected chi connectivity index (χ0v) is 16.9. The molecule has 0 aliphatic carbocycles. The number of sulfonamides is 2. The van der Waals surface area contributed by atoms with Crippen LogP contribution in [0.3, 0.4) is 0 Å². The van der Waals surface area contributed by atoms with Crippen molar-refractivity contribution >= 4 is 31.6 Å². The molecule has 148 valence electrons. The van der Waals surface area contributed by atoms with Gasteiger partial charge in [-0.3, -0.25) is 9.10 Å². The molecule has 1 rings (SSSR count). The van der Waals surface area contributed by atoms with E-state index in [9.17, 15) is 21.6 Å². The third-order valence-electron chi connectivity index (χ3n) is 3.44. The Kier molecular flexibility index (Phi) is 8.00. The van der Waals surface area contributed by atoms with E-state index in [0.717, 1.165) is 14.9 Å². The van der Waals surface area contributed by atoms with Gasteiger partial charge in [0.25, 0.3) is 0 Å². The van der Waals surface area contributed by atoms with Gasteiger partial charge in [-0.1, -0.05) is 0 Å². The molecule has 0 atom stereocenters. The molecule has 11 heteroatoms. The van der Waals surface area contributed by atoms with Crippen molar-refractivity contribution in [2.75, 3.05) is 51.5 Å². The van der Waals surface area contributed by atoms with Crippen LogP contribution in [0.4, 0.5) is 5.69 Å². The van der Waals surface area contributed by atoms with Crippen molar-refractivity contribution in [1.29, 1.82) is 0 Å². The van der Waals surface area contributed by atoms with E-state index in [0.29, 0.717) is 19.6 Å². The van der Waals surface area contributed by atoms with Crippen LogP contribution in [0.1, 0.15) is 6.42 Å². The van der Waals surface area contributed by atoms with Crippen LogP contribution in [-0.2, 0) is 29.6 Å². The Balaban J connectivity index is 2.96. The molecule has 0 spiro atoms. The number of amides is 1. The second-order valence-electron chi connectivity index (χ2n) is 5.75.